The Bertz CT molecular complexity index is 702. The smallest absolute Gasteiger partial charge is 0.259 e. The molecular weight excluding hydrogens is 309 g/mol. The monoisotopic (exact) mass is 321 g/mol. The third-order valence-electron chi connectivity index (χ3n) is 3.62. The lowest BCUT2D eigenvalue weighted by molar-refractivity contribution is 0.0971. The fourth-order valence-corrected chi connectivity index (χ4v) is 3.05. The molecule has 1 heterocycles. The summed E-state index contributed by atoms with van der Waals surface area (Å²) in [6, 6.07) is 12.2. The number of aliphatic hydroxyl groups is 1. The summed E-state index contributed by atoms with van der Waals surface area (Å²) < 4.78 is 0. The first-order valence-electron chi connectivity index (χ1n) is 6.62. The number of rotatable bonds is 1. The van der Waals surface area contributed by atoms with E-state index in [0.717, 1.165) is 11.3 Å². The minimum absolute atomic E-state index is 0.184. The van der Waals surface area contributed by atoms with Crippen LogP contribution in [-0.2, 0) is 0 Å². The van der Waals surface area contributed by atoms with Crippen LogP contribution in [0.3, 0.4) is 0 Å². The lowest BCUT2D eigenvalue weighted by atomic mass is 9.98. The molecule has 0 aliphatic carbocycles. The van der Waals surface area contributed by atoms with E-state index in [4.69, 9.17) is 23.2 Å². The molecule has 3 nitrogen and oxygen atoms in total. The van der Waals surface area contributed by atoms with E-state index in [1.54, 1.807) is 23.1 Å². The molecular formula is C16H13Cl2NO2. The standard InChI is InChI=1S/C16H13Cl2NO2/c17-10-5-6-11(13(18)9-10)16(21)19-8-7-15(20)12-3-1-2-4-14(12)19/h1-6,9,15,20H,7-8H2. The lowest BCUT2D eigenvalue weighted by Crippen LogP contribution is -2.36. The number of amides is 1. The SMILES string of the molecule is O=C(c1ccc(Cl)cc1Cl)N1CCC(O)c2ccccc21. The second kappa shape index (κ2) is 5.68. The van der Waals surface area contributed by atoms with Crippen molar-refractivity contribution in [3.05, 3.63) is 63.6 Å². The Balaban J connectivity index is 2.01. The molecule has 3 rings (SSSR count). The van der Waals surface area contributed by atoms with Crippen molar-refractivity contribution in [2.24, 2.45) is 0 Å². The Hall–Kier alpha value is -1.55. The molecule has 1 amide bonds. The van der Waals surface area contributed by atoms with Crippen LogP contribution in [-0.4, -0.2) is 17.6 Å². The van der Waals surface area contributed by atoms with E-state index in [-0.39, 0.29) is 5.91 Å². The van der Waals surface area contributed by atoms with Gasteiger partial charge in [-0.25, -0.2) is 0 Å². The van der Waals surface area contributed by atoms with Gasteiger partial charge in [0.25, 0.3) is 5.91 Å². The number of carbonyl (C=O) groups is 1. The highest BCUT2D eigenvalue weighted by Crippen LogP contribution is 2.35. The molecule has 0 fully saturated rings. The summed E-state index contributed by atoms with van der Waals surface area (Å²) in [5.41, 5.74) is 1.90. The third kappa shape index (κ3) is 2.64. The topological polar surface area (TPSA) is 40.5 Å². The summed E-state index contributed by atoms with van der Waals surface area (Å²) >= 11 is 12.0. The quantitative estimate of drug-likeness (QED) is 0.859. The predicted molar refractivity (Wildman–Crippen MR) is 84.2 cm³/mol. The number of halogens is 2. The zero-order valence-electron chi connectivity index (χ0n) is 11.1. The van der Waals surface area contributed by atoms with Crippen LogP contribution in [0.1, 0.15) is 28.4 Å². The van der Waals surface area contributed by atoms with E-state index in [1.165, 1.54) is 0 Å². The van der Waals surface area contributed by atoms with E-state index < -0.39 is 6.10 Å². The van der Waals surface area contributed by atoms with Crippen LogP contribution in [0.4, 0.5) is 5.69 Å². The van der Waals surface area contributed by atoms with Gasteiger partial charge in [-0.2, -0.15) is 0 Å². The van der Waals surface area contributed by atoms with Gasteiger partial charge >= 0.3 is 0 Å². The predicted octanol–water partition coefficient (Wildman–Crippen LogP) is 4.08. The Morgan fingerprint density at radius 3 is 2.71 bits per heavy atom. The number of hydrogen-bond acceptors (Lipinski definition) is 2. The lowest BCUT2D eigenvalue weighted by Gasteiger charge is -2.32. The first-order chi connectivity index (χ1) is 10.1. The molecule has 0 aromatic heterocycles. The molecule has 108 valence electrons. The van der Waals surface area contributed by atoms with Gasteiger partial charge < -0.3 is 10.0 Å². The van der Waals surface area contributed by atoms with Crippen LogP contribution in [0.15, 0.2) is 42.5 Å². The molecule has 1 aliphatic heterocycles. The average Bonchev–Trinajstić information content (AvgIpc) is 2.47. The van der Waals surface area contributed by atoms with Crippen molar-refractivity contribution in [1.82, 2.24) is 0 Å². The number of anilines is 1. The molecule has 5 heteroatoms. The van der Waals surface area contributed by atoms with Crippen molar-refractivity contribution >= 4 is 34.8 Å². The minimum atomic E-state index is -0.536. The maximum Gasteiger partial charge on any atom is 0.259 e. The van der Waals surface area contributed by atoms with Crippen LogP contribution in [0.5, 0.6) is 0 Å². The summed E-state index contributed by atoms with van der Waals surface area (Å²) in [5, 5.41) is 10.9. The molecule has 2 aromatic carbocycles. The average molecular weight is 322 g/mol. The fraction of sp³-hybridized carbons (Fsp3) is 0.188. The van der Waals surface area contributed by atoms with E-state index in [2.05, 4.69) is 0 Å². The Labute approximate surface area is 132 Å². The molecule has 2 aromatic rings. The molecule has 0 saturated heterocycles. The van der Waals surface area contributed by atoms with E-state index in [1.807, 2.05) is 24.3 Å². The number of nitrogens with zero attached hydrogens (tertiary/aromatic N) is 1. The van der Waals surface area contributed by atoms with Gasteiger partial charge in [0.05, 0.1) is 16.7 Å². The number of para-hydroxylation sites is 1. The second-order valence-corrected chi connectivity index (χ2v) is 5.79. The molecule has 1 aliphatic rings. The largest absolute Gasteiger partial charge is 0.388 e. The Kier molecular flexibility index (Phi) is 3.89. The highest BCUT2D eigenvalue weighted by Gasteiger charge is 2.28. The van der Waals surface area contributed by atoms with Crippen LogP contribution in [0.2, 0.25) is 10.0 Å². The maximum absolute atomic E-state index is 12.7. The molecule has 0 bridgehead atoms. The first kappa shape index (κ1) is 14.4. The van der Waals surface area contributed by atoms with Crippen molar-refractivity contribution in [3.8, 4) is 0 Å². The van der Waals surface area contributed by atoms with Gasteiger partial charge in [-0.3, -0.25) is 4.79 Å². The fourth-order valence-electron chi connectivity index (χ4n) is 2.56. The number of fused-ring (bicyclic) bond motifs is 1. The number of hydrogen-bond donors (Lipinski definition) is 1. The number of benzene rings is 2. The van der Waals surface area contributed by atoms with E-state index in [9.17, 15) is 9.90 Å². The molecule has 1 atom stereocenters. The van der Waals surface area contributed by atoms with Crippen molar-refractivity contribution < 1.29 is 9.90 Å². The zero-order valence-corrected chi connectivity index (χ0v) is 12.6. The van der Waals surface area contributed by atoms with Crippen molar-refractivity contribution in [3.63, 3.8) is 0 Å². The summed E-state index contributed by atoms with van der Waals surface area (Å²) in [7, 11) is 0. The van der Waals surface area contributed by atoms with Crippen molar-refractivity contribution in [1.29, 1.82) is 0 Å². The van der Waals surface area contributed by atoms with Gasteiger partial charge in [-0.1, -0.05) is 41.4 Å². The summed E-state index contributed by atoms with van der Waals surface area (Å²) in [6.45, 7) is 0.454. The molecule has 0 radical (unpaired) electrons. The van der Waals surface area contributed by atoms with Gasteiger partial charge in [0, 0.05) is 22.8 Å². The summed E-state index contributed by atoms with van der Waals surface area (Å²) in [5.74, 6) is -0.184. The third-order valence-corrected chi connectivity index (χ3v) is 4.17. The van der Waals surface area contributed by atoms with E-state index in [0.29, 0.717) is 28.6 Å². The Morgan fingerprint density at radius 1 is 1.19 bits per heavy atom. The summed E-state index contributed by atoms with van der Waals surface area (Å²) in [4.78, 5) is 14.4. The van der Waals surface area contributed by atoms with Crippen molar-refractivity contribution in [2.75, 3.05) is 11.4 Å². The highest BCUT2D eigenvalue weighted by molar-refractivity contribution is 6.37. The van der Waals surface area contributed by atoms with Crippen LogP contribution in [0.25, 0.3) is 0 Å². The molecule has 0 spiro atoms. The molecule has 0 saturated carbocycles. The van der Waals surface area contributed by atoms with Crippen molar-refractivity contribution in [2.45, 2.75) is 12.5 Å². The van der Waals surface area contributed by atoms with Crippen LogP contribution >= 0.6 is 23.2 Å². The first-order valence-corrected chi connectivity index (χ1v) is 7.37. The molecule has 1 unspecified atom stereocenters. The van der Waals surface area contributed by atoms with Gasteiger partial charge in [0.2, 0.25) is 0 Å². The van der Waals surface area contributed by atoms with Gasteiger partial charge in [-0.15, -0.1) is 0 Å². The van der Waals surface area contributed by atoms with Crippen LogP contribution in [0, 0.1) is 0 Å². The Morgan fingerprint density at radius 2 is 1.95 bits per heavy atom. The summed E-state index contributed by atoms with van der Waals surface area (Å²) in [6.07, 6.45) is -0.0283. The van der Waals surface area contributed by atoms with Crippen LogP contribution < -0.4 is 4.90 Å². The maximum atomic E-state index is 12.7. The molecule has 1 N–H and O–H groups in total. The van der Waals surface area contributed by atoms with Gasteiger partial charge in [0.1, 0.15) is 0 Å². The normalized spacial score (nSPS) is 17.5. The zero-order chi connectivity index (χ0) is 15.0. The number of aliphatic hydroxyl groups excluding tert-OH is 1. The van der Waals surface area contributed by atoms with E-state index >= 15 is 0 Å². The van der Waals surface area contributed by atoms with Gasteiger partial charge in [0.15, 0.2) is 0 Å². The van der Waals surface area contributed by atoms with Gasteiger partial charge in [-0.05, 0) is 30.7 Å². The highest BCUT2D eigenvalue weighted by atomic mass is 35.5. The molecule has 21 heavy (non-hydrogen) atoms. The minimum Gasteiger partial charge on any atom is -0.388 e. The second-order valence-electron chi connectivity index (χ2n) is 4.94. The number of carbonyl (C=O) groups excluding carboxylic acids is 1.